The van der Waals surface area contributed by atoms with E-state index >= 15 is 0 Å². The van der Waals surface area contributed by atoms with Crippen molar-refractivity contribution in [3.63, 3.8) is 0 Å². The summed E-state index contributed by atoms with van der Waals surface area (Å²) in [6, 6.07) is 8.29. The number of para-hydroxylation sites is 1. The molecule has 19 heavy (non-hydrogen) atoms. The Morgan fingerprint density at radius 1 is 1.26 bits per heavy atom. The molecule has 5 heteroatoms. The zero-order valence-corrected chi connectivity index (χ0v) is 11.9. The zero-order chi connectivity index (χ0) is 13.8. The number of benzene rings is 1. The molecule has 2 rings (SSSR count). The van der Waals surface area contributed by atoms with Crippen LogP contribution in [0, 0.1) is 0 Å². The standard InChI is InChI=1S/C14H21N3O2/c1-15-12(14(18-3)19-4)9-11-10-7-5-6-8-13(10)17(2)16-11/h5-8,12,14-15H,9H2,1-4H3. The van der Waals surface area contributed by atoms with Gasteiger partial charge in [0.2, 0.25) is 0 Å². The number of nitrogens with zero attached hydrogens (tertiary/aromatic N) is 2. The lowest BCUT2D eigenvalue weighted by atomic mass is 10.1. The highest BCUT2D eigenvalue weighted by molar-refractivity contribution is 5.81. The van der Waals surface area contributed by atoms with Crippen LogP contribution in [-0.2, 0) is 22.9 Å². The Labute approximate surface area is 113 Å². The van der Waals surface area contributed by atoms with Gasteiger partial charge in [0.05, 0.1) is 17.3 Å². The van der Waals surface area contributed by atoms with E-state index in [1.54, 1.807) is 14.2 Å². The second kappa shape index (κ2) is 6.14. The van der Waals surface area contributed by atoms with Gasteiger partial charge in [0.15, 0.2) is 6.29 Å². The van der Waals surface area contributed by atoms with Gasteiger partial charge in [0.1, 0.15) is 0 Å². The van der Waals surface area contributed by atoms with Crippen molar-refractivity contribution in [2.24, 2.45) is 7.05 Å². The Balaban J connectivity index is 2.29. The quantitative estimate of drug-likeness (QED) is 0.799. The molecule has 104 valence electrons. The van der Waals surface area contributed by atoms with E-state index in [0.717, 1.165) is 17.6 Å². The molecule has 1 N–H and O–H groups in total. The monoisotopic (exact) mass is 263 g/mol. The average molecular weight is 263 g/mol. The SMILES string of the molecule is CNC(Cc1nn(C)c2ccccc12)C(OC)OC. The summed E-state index contributed by atoms with van der Waals surface area (Å²) in [5, 5.41) is 9.00. The van der Waals surface area contributed by atoms with E-state index in [2.05, 4.69) is 22.5 Å². The predicted molar refractivity (Wildman–Crippen MR) is 75.1 cm³/mol. The normalized spacial score (nSPS) is 13.3. The van der Waals surface area contributed by atoms with Crippen LogP contribution in [0.4, 0.5) is 0 Å². The van der Waals surface area contributed by atoms with Gasteiger partial charge in [-0.2, -0.15) is 5.10 Å². The molecule has 0 fully saturated rings. The first kappa shape index (κ1) is 14.0. The highest BCUT2D eigenvalue weighted by Gasteiger charge is 2.22. The van der Waals surface area contributed by atoms with Gasteiger partial charge in [0.25, 0.3) is 0 Å². The maximum atomic E-state index is 5.32. The number of nitrogens with one attached hydrogen (secondary N) is 1. The number of rotatable bonds is 6. The van der Waals surface area contributed by atoms with Crippen LogP contribution >= 0.6 is 0 Å². The third-order valence-electron chi connectivity index (χ3n) is 3.41. The fraction of sp³-hybridized carbons (Fsp3) is 0.500. The summed E-state index contributed by atoms with van der Waals surface area (Å²) in [4.78, 5) is 0. The minimum atomic E-state index is -0.286. The molecule has 1 aromatic carbocycles. The van der Waals surface area contributed by atoms with E-state index < -0.39 is 0 Å². The molecule has 1 heterocycles. The van der Waals surface area contributed by atoms with Crippen LogP contribution in [0.5, 0.6) is 0 Å². The molecule has 0 amide bonds. The molecule has 2 aromatic rings. The lowest BCUT2D eigenvalue weighted by Crippen LogP contribution is -2.41. The van der Waals surface area contributed by atoms with E-state index in [4.69, 9.17) is 9.47 Å². The molecule has 0 saturated carbocycles. The summed E-state index contributed by atoms with van der Waals surface area (Å²) in [6.07, 6.45) is 0.468. The van der Waals surface area contributed by atoms with Crippen molar-refractivity contribution < 1.29 is 9.47 Å². The summed E-state index contributed by atoms with van der Waals surface area (Å²) in [5.74, 6) is 0. The number of ether oxygens (including phenoxy) is 2. The van der Waals surface area contributed by atoms with Crippen LogP contribution in [0.1, 0.15) is 5.69 Å². The highest BCUT2D eigenvalue weighted by atomic mass is 16.7. The molecule has 0 aliphatic carbocycles. The van der Waals surface area contributed by atoms with E-state index in [-0.39, 0.29) is 12.3 Å². The van der Waals surface area contributed by atoms with Gasteiger partial charge in [-0.05, 0) is 13.1 Å². The molecule has 0 aliphatic rings. The largest absolute Gasteiger partial charge is 0.354 e. The third-order valence-corrected chi connectivity index (χ3v) is 3.41. The van der Waals surface area contributed by atoms with Crippen molar-refractivity contribution in [1.82, 2.24) is 15.1 Å². The Morgan fingerprint density at radius 2 is 1.95 bits per heavy atom. The van der Waals surface area contributed by atoms with Crippen molar-refractivity contribution in [2.45, 2.75) is 18.8 Å². The maximum absolute atomic E-state index is 5.32. The number of aromatic nitrogens is 2. The lowest BCUT2D eigenvalue weighted by Gasteiger charge is -2.23. The number of hydrogen-bond donors (Lipinski definition) is 1. The smallest absolute Gasteiger partial charge is 0.172 e. The van der Waals surface area contributed by atoms with E-state index in [1.165, 1.54) is 5.39 Å². The van der Waals surface area contributed by atoms with E-state index in [0.29, 0.717) is 0 Å². The van der Waals surface area contributed by atoms with Gasteiger partial charge >= 0.3 is 0 Å². The summed E-state index contributed by atoms with van der Waals surface area (Å²) in [6.45, 7) is 0. The van der Waals surface area contributed by atoms with Gasteiger partial charge in [-0.25, -0.2) is 0 Å². The number of likely N-dealkylation sites (N-methyl/N-ethyl adjacent to an activating group) is 1. The molecule has 1 atom stereocenters. The van der Waals surface area contributed by atoms with Crippen LogP contribution in [0.3, 0.4) is 0 Å². The summed E-state index contributed by atoms with van der Waals surface area (Å²) in [5.41, 5.74) is 2.19. The van der Waals surface area contributed by atoms with Crippen LogP contribution in [-0.4, -0.2) is 43.4 Å². The zero-order valence-electron chi connectivity index (χ0n) is 11.9. The van der Waals surface area contributed by atoms with Gasteiger partial charge in [0, 0.05) is 33.1 Å². The van der Waals surface area contributed by atoms with E-state index in [1.807, 2.05) is 30.9 Å². The lowest BCUT2D eigenvalue weighted by molar-refractivity contribution is -0.121. The van der Waals surface area contributed by atoms with Crippen molar-refractivity contribution >= 4 is 10.9 Å². The van der Waals surface area contributed by atoms with Crippen molar-refractivity contribution in [1.29, 1.82) is 0 Å². The molecule has 5 nitrogen and oxygen atoms in total. The Bertz CT molecular complexity index is 534. The number of methoxy groups -OCH3 is 2. The second-order valence-electron chi connectivity index (χ2n) is 4.53. The predicted octanol–water partition coefficient (Wildman–Crippen LogP) is 1.32. The number of fused-ring (bicyclic) bond motifs is 1. The molecule has 0 spiro atoms. The van der Waals surface area contributed by atoms with Crippen molar-refractivity contribution in [2.75, 3.05) is 21.3 Å². The van der Waals surface area contributed by atoms with Gasteiger partial charge in [-0.15, -0.1) is 0 Å². The minimum Gasteiger partial charge on any atom is -0.354 e. The van der Waals surface area contributed by atoms with Gasteiger partial charge < -0.3 is 14.8 Å². The molecule has 0 bridgehead atoms. The van der Waals surface area contributed by atoms with E-state index in [9.17, 15) is 0 Å². The van der Waals surface area contributed by atoms with Gasteiger partial charge in [-0.3, -0.25) is 4.68 Å². The molecule has 0 radical (unpaired) electrons. The van der Waals surface area contributed by atoms with Crippen molar-refractivity contribution in [3.8, 4) is 0 Å². The molecule has 1 aromatic heterocycles. The summed E-state index contributed by atoms with van der Waals surface area (Å²) >= 11 is 0. The fourth-order valence-corrected chi connectivity index (χ4v) is 2.41. The molecule has 0 aliphatic heterocycles. The van der Waals surface area contributed by atoms with Crippen LogP contribution in [0.15, 0.2) is 24.3 Å². The first-order valence-corrected chi connectivity index (χ1v) is 6.34. The minimum absolute atomic E-state index is 0.0632. The topological polar surface area (TPSA) is 48.3 Å². The summed E-state index contributed by atoms with van der Waals surface area (Å²) in [7, 11) is 7.16. The van der Waals surface area contributed by atoms with Crippen LogP contribution in [0.25, 0.3) is 10.9 Å². The highest BCUT2D eigenvalue weighted by Crippen LogP contribution is 2.19. The number of hydrogen-bond acceptors (Lipinski definition) is 4. The van der Waals surface area contributed by atoms with Crippen LogP contribution < -0.4 is 5.32 Å². The van der Waals surface area contributed by atoms with Crippen LogP contribution in [0.2, 0.25) is 0 Å². The molecular weight excluding hydrogens is 242 g/mol. The number of aryl methyl sites for hydroxylation is 1. The fourth-order valence-electron chi connectivity index (χ4n) is 2.41. The Hall–Kier alpha value is -1.43. The first-order valence-electron chi connectivity index (χ1n) is 6.34. The summed E-state index contributed by atoms with van der Waals surface area (Å²) < 4.78 is 12.6. The molecular formula is C14H21N3O2. The average Bonchev–Trinajstić information content (AvgIpc) is 2.76. The molecule has 0 saturated heterocycles. The third kappa shape index (κ3) is 2.78. The molecule has 1 unspecified atom stereocenters. The Morgan fingerprint density at radius 3 is 2.58 bits per heavy atom. The second-order valence-corrected chi connectivity index (χ2v) is 4.53. The Kier molecular flexibility index (Phi) is 4.52. The van der Waals surface area contributed by atoms with Gasteiger partial charge in [-0.1, -0.05) is 18.2 Å². The van der Waals surface area contributed by atoms with Crippen molar-refractivity contribution in [3.05, 3.63) is 30.0 Å². The first-order chi connectivity index (χ1) is 9.21. The maximum Gasteiger partial charge on any atom is 0.172 e.